The molecule has 7 heteroatoms. The van der Waals surface area contributed by atoms with Crippen molar-refractivity contribution in [3.8, 4) is 0 Å². The molecule has 9 atom stereocenters. The molecular weight excluding hydrogens is 642 g/mol. The van der Waals surface area contributed by atoms with E-state index in [0.717, 1.165) is 19.6 Å². The molecule has 4 saturated carbocycles. The van der Waals surface area contributed by atoms with Gasteiger partial charge in [-0.1, -0.05) is 65.0 Å². The first-order chi connectivity index (χ1) is 24.0. The number of piperidine rings is 1. The number of carboxylic acids is 1. The van der Waals surface area contributed by atoms with Crippen LogP contribution in [0.1, 0.15) is 128 Å². The van der Waals surface area contributed by atoms with Crippen molar-refractivity contribution in [2.24, 2.45) is 56.7 Å². The summed E-state index contributed by atoms with van der Waals surface area (Å²) in [7, 11) is 0. The fourth-order valence-corrected chi connectivity index (χ4v) is 14.0. The first-order valence-corrected chi connectivity index (χ1v) is 20.1. The SMILES string of the molecule is C=C(C)[C@@H]1CC[C@]2(CONCCN3CCC(F)(F)CC3)CC[C@]3(C)C(CCC4[C@@]5(C)CC=C(c6ccc(C(=O)O)cc6)C(C)(C)C5CC[C@]43C)C12. The number of allylic oxidation sites excluding steroid dienone is 3. The Kier molecular flexibility index (Phi) is 9.52. The lowest BCUT2D eigenvalue weighted by Crippen LogP contribution is -2.65. The first-order valence-electron chi connectivity index (χ1n) is 20.1. The zero-order valence-electron chi connectivity index (χ0n) is 32.3. The van der Waals surface area contributed by atoms with Crippen LogP contribution >= 0.6 is 0 Å². The second-order valence-corrected chi connectivity index (χ2v) is 19.4. The van der Waals surface area contributed by atoms with Crippen molar-refractivity contribution in [1.82, 2.24) is 10.4 Å². The largest absolute Gasteiger partial charge is 0.478 e. The minimum absolute atomic E-state index is 0.00153. The fourth-order valence-electron chi connectivity index (χ4n) is 14.0. The molecule has 4 unspecified atom stereocenters. The minimum Gasteiger partial charge on any atom is -0.478 e. The number of alkyl halides is 2. The second-order valence-electron chi connectivity index (χ2n) is 19.4. The predicted molar refractivity (Wildman–Crippen MR) is 200 cm³/mol. The van der Waals surface area contributed by atoms with Gasteiger partial charge in [0.15, 0.2) is 0 Å². The van der Waals surface area contributed by atoms with E-state index in [0.29, 0.717) is 54.8 Å². The monoisotopic (exact) mass is 706 g/mol. The van der Waals surface area contributed by atoms with Crippen LogP contribution in [0, 0.1) is 56.7 Å². The van der Waals surface area contributed by atoms with Crippen LogP contribution in [0.3, 0.4) is 0 Å². The molecule has 7 rings (SSSR count). The number of carboxylic acid groups (broad SMARTS) is 1. The van der Waals surface area contributed by atoms with Gasteiger partial charge in [-0.2, -0.15) is 0 Å². The molecule has 0 bridgehead atoms. The summed E-state index contributed by atoms with van der Waals surface area (Å²) < 4.78 is 27.3. The Hall–Kier alpha value is -2.09. The minimum atomic E-state index is -2.51. The van der Waals surface area contributed by atoms with E-state index in [9.17, 15) is 18.7 Å². The number of benzene rings is 1. The van der Waals surface area contributed by atoms with Gasteiger partial charge in [-0.25, -0.2) is 19.1 Å². The van der Waals surface area contributed by atoms with Gasteiger partial charge < -0.3 is 14.8 Å². The number of nitrogens with zero attached hydrogens (tertiary/aromatic N) is 1. The number of aromatic carboxylic acids is 1. The third kappa shape index (κ3) is 5.98. The highest BCUT2D eigenvalue weighted by Gasteiger charge is 2.70. The van der Waals surface area contributed by atoms with Crippen LogP contribution in [0.25, 0.3) is 5.57 Å². The van der Waals surface area contributed by atoms with E-state index >= 15 is 0 Å². The van der Waals surface area contributed by atoms with Crippen LogP contribution in [0.5, 0.6) is 0 Å². The lowest BCUT2D eigenvalue weighted by Gasteiger charge is -2.72. The van der Waals surface area contributed by atoms with Gasteiger partial charge in [0.05, 0.1) is 12.2 Å². The van der Waals surface area contributed by atoms with Gasteiger partial charge in [0.2, 0.25) is 0 Å². The van der Waals surface area contributed by atoms with Gasteiger partial charge in [-0.05, 0) is 145 Å². The molecule has 1 aromatic carbocycles. The quantitative estimate of drug-likeness (QED) is 0.152. The number of carbonyl (C=O) groups is 1. The molecule has 1 heterocycles. The molecule has 5 fully saturated rings. The number of nitrogens with one attached hydrogen (secondary N) is 1. The number of hydroxylamine groups is 1. The number of hydrogen-bond donors (Lipinski definition) is 2. The predicted octanol–water partition coefficient (Wildman–Crippen LogP) is 10.3. The summed E-state index contributed by atoms with van der Waals surface area (Å²) in [5.74, 6) is -0.405. The molecule has 6 aliphatic rings. The summed E-state index contributed by atoms with van der Waals surface area (Å²) in [5, 5.41) is 9.48. The van der Waals surface area contributed by atoms with Crippen molar-refractivity contribution in [3.63, 3.8) is 0 Å². The van der Waals surface area contributed by atoms with Gasteiger partial charge in [-0.3, -0.25) is 0 Å². The van der Waals surface area contributed by atoms with E-state index in [4.69, 9.17) is 4.84 Å². The standard InChI is InChI=1S/C44H64F2N2O3/c1-29(2)32-14-19-43(28-51-47-24-27-48-25-22-44(45,46)23-26-48)21-20-41(6)34(37(32)43)12-13-36-40(5)17-15-33(30-8-10-31(11-9-30)38(49)50)39(3,4)35(40)16-18-42(36,41)7/h8-11,15,32,34-37,47H,1,12-14,16-28H2,2-7H3,(H,49,50)/t32-,34?,35?,36?,37?,40-,41+,42+,43+/m0/s1. The molecular formula is C44H64F2N2O3. The van der Waals surface area contributed by atoms with E-state index in [1.165, 1.54) is 68.1 Å². The van der Waals surface area contributed by atoms with Gasteiger partial charge in [-0.15, -0.1) is 0 Å². The van der Waals surface area contributed by atoms with Gasteiger partial charge in [0, 0.05) is 39.0 Å². The molecule has 5 nitrogen and oxygen atoms in total. The Balaban J connectivity index is 1.09. The highest BCUT2D eigenvalue weighted by atomic mass is 19.3. The van der Waals surface area contributed by atoms with Crippen LogP contribution in [-0.4, -0.2) is 54.7 Å². The number of rotatable bonds is 9. The van der Waals surface area contributed by atoms with Crippen LogP contribution in [0.15, 0.2) is 42.5 Å². The van der Waals surface area contributed by atoms with Gasteiger partial charge in [0.1, 0.15) is 0 Å². The third-order valence-corrected chi connectivity index (χ3v) is 16.8. The number of fused-ring (bicyclic) bond motifs is 7. The van der Waals surface area contributed by atoms with Crippen molar-refractivity contribution in [1.29, 1.82) is 0 Å². The lowest BCUT2D eigenvalue weighted by atomic mass is 9.32. The van der Waals surface area contributed by atoms with Crippen molar-refractivity contribution in [2.45, 2.75) is 118 Å². The molecule has 1 saturated heterocycles. The summed E-state index contributed by atoms with van der Waals surface area (Å²) in [5.41, 5.74) is 8.37. The van der Waals surface area contributed by atoms with E-state index in [1.54, 1.807) is 12.1 Å². The molecule has 2 N–H and O–H groups in total. The number of halogens is 2. The number of hydrogen-bond acceptors (Lipinski definition) is 4. The highest BCUT2D eigenvalue weighted by molar-refractivity contribution is 5.88. The maximum Gasteiger partial charge on any atom is 0.335 e. The molecule has 1 aromatic rings. The summed E-state index contributed by atoms with van der Waals surface area (Å²) in [6.45, 7) is 22.8. The zero-order chi connectivity index (χ0) is 36.6. The second kappa shape index (κ2) is 13.0. The molecule has 5 aliphatic carbocycles. The van der Waals surface area contributed by atoms with Crippen LogP contribution in [-0.2, 0) is 4.84 Å². The zero-order valence-corrected chi connectivity index (χ0v) is 32.3. The van der Waals surface area contributed by atoms with Crippen molar-refractivity contribution in [3.05, 3.63) is 53.6 Å². The Morgan fingerprint density at radius 3 is 2.29 bits per heavy atom. The van der Waals surface area contributed by atoms with Crippen molar-refractivity contribution < 1.29 is 23.5 Å². The first kappa shape index (κ1) is 37.2. The topological polar surface area (TPSA) is 61.8 Å². The summed E-state index contributed by atoms with van der Waals surface area (Å²) in [4.78, 5) is 20.1. The molecule has 0 radical (unpaired) electrons. The average molecular weight is 707 g/mol. The van der Waals surface area contributed by atoms with E-state index in [1.807, 2.05) is 12.1 Å². The normalized spacial score (nSPS) is 41.4. The van der Waals surface area contributed by atoms with Crippen LogP contribution < -0.4 is 5.48 Å². The van der Waals surface area contributed by atoms with Crippen molar-refractivity contribution in [2.75, 3.05) is 32.8 Å². The molecule has 51 heavy (non-hydrogen) atoms. The molecule has 0 aromatic heterocycles. The molecule has 282 valence electrons. The summed E-state index contributed by atoms with van der Waals surface area (Å²) in [6.07, 6.45) is 13.4. The third-order valence-electron chi connectivity index (χ3n) is 16.8. The van der Waals surface area contributed by atoms with Crippen LogP contribution in [0.4, 0.5) is 8.78 Å². The summed E-state index contributed by atoms with van der Waals surface area (Å²) >= 11 is 0. The maximum atomic E-state index is 13.6. The Morgan fingerprint density at radius 1 is 0.922 bits per heavy atom. The highest BCUT2D eigenvalue weighted by Crippen LogP contribution is 2.77. The molecule has 0 amide bonds. The number of likely N-dealkylation sites (tertiary alicyclic amines) is 1. The fraction of sp³-hybridized carbons (Fsp3) is 0.750. The van der Waals surface area contributed by atoms with E-state index in [-0.39, 0.29) is 39.9 Å². The molecule has 0 spiro atoms. The summed E-state index contributed by atoms with van der Waals surface area (Å²) in [6, 6.07) is 7.55. The Bertz CT molecular complexity index is 1530. The average Bonchev–Trinajstić information content (AvgIpc) is 3.45. The van der Waals surface area contributed by atoms with E-state index in [2.05, 4.69) is 64.6 Å². The molecule has 1 aliphatic heterocycles. The smallest absolute Gasteiger partial charge is 0.335 e. The van der Waals surface area contributed by atoms with Crippen molar-refractivity contribution >= 4 is 11.5 Å². The maximum absolute atomic E-state index is 13.6. The Morgan fingerprint density at radius 2 is 1.63 bits per heavy atom. The van der Waals surface area contributed by atoms with E-state index < -0.39 is 11.9 Å². The Labute approximate surface area is 306 Å². The lowest BCUT2D eigenvalue weighted by molar-refractivity contribution is -0.231. The van der Waals surface area contributed by atoms with Gasteiger partial charge in [0.25, 0.3) is 5.92 Å². The van der Waals surface area contributed by atoms with Crippen LogP contribution in [0.2, 0.25) is 0 Å². The van der Waals surface area contributed by atoms with Gasteiger partial charge >= 0.3 is 5.97 Å².